The van der Waals surface area contributed by atoms with Crippen molar-refractivity contribution in [2.24, 2.45) is 5.41 Å². The van der Waals surface area contributed by atoms with Crippen LogP contribution < -0.4 is 3.71 Å². The van der Waals surface area contributed by atoms with Crippen LogP contribution in [0, 0.1) is 5.41 Å². The van der Waals surface area contributed by atoms with E-state index in [-0.39, 0.29) is 11.5 Å². The summed E-state index contributed by atoms with van der Waals surface area (Å²) in [7, 11) is -0.751. The van der Waals surface area contributed by atoms with Crippen LogP contribution in [-0.2, 0) is 4.43 Å². The Morgan fingerprint density at radius 3 is 1.75 bits per heavy atom. The summed E-state index contributed by atoms with van der Waals surface area (Å²) in [6.07, 6.45) is 10.4. The molecule has 28 heavy (non-hydrogen) atoms. The molecule has 161 valence electrons. The summed E-state index contributed by atoms with van der Waals surface area (Å²) in [5.74, 6) is 0. The molecule has 0 aliphatic rings. The summed E-state index contributed by atoms with van der Waals surface area (Å²) >= 11 is -2.42. The first-order valence-electron chi connectivity index (χ1n) is 11.6. The van der Waals surface area contributed by atoms with Crippen molar-refractivity contribution in [3.63, 3.8) is 0 Å². The number of pyridine rings is 1. The Labute approximate surface area is 181 Å². The van der Waals surface area contributed by atoms with Gasteiger partial charge in [-0.25, -0.2) is 0 Å². The van der Waals surface area contributed by atoms with Crippen molar-refractivity contribution < 1.29 is 4.43 Å². The molecule has 0 fully saturated rings. The third-order valence-corrected chi connectivity index (χ3v) is 21.7. The Kier molecular flexibility index (Phi) is 11.9. The van der Waals surface area contributed by atoms with Crippen LogP contribution in [0.4, 0.5) is 0 Å². The predicted octanol–water partition coefficient (Wildman–Crippen LogP) is 7.49. The molecule has 4 heteroatoms. The van der Waals surface area contributed by atoms with Gasteiger partial charge in [0.15, 0.2) is 0 Å². The van der Waals surface area contributed by atoms with Gasteiger partial charge in [0.25, 0.3) is 0 Å². The van der Waals surface area contributed by atoms with Crippen molar-refractivity contribution in [1.29, 1.82) is 0 Å². The fourth-order valence-corrected chi connectivity index (χ4v) is 20.5. The van der Waals surface area contributed by atoms with E-state index in [1.807, 2.05) is 0 Å². The van der Waals surface area contributed by atoms with Crippen LogP contribution in [0.15, 0.2) is 18.3 Å². The molecule has 1 aromatic heterocycles. The fourth-order valence-electron chi connectivity index (χ4n) is 4.16. The Morgan fingerprint density at radius 1 is 0.929 bits per heavy atom. The average Bonchev–Trinajstić information content (AvgIpc) is 2.65. The first-order valence-corrected chi connectivity index (χ1v) is 21.5. The second-order valence-corrected chi connectivity index (χ2v) is 24.9. The molecule has 1 radical (unpaired) electrons. The van der Waals surface area contributed by atoms with Crippen molar-refractivity contribution >= 4 is 31.1 Å². The third-order valence-electron chi connectivity index (χ3n) is 5.80. The maximum absolute atomic E-state index is 6.40. The summed E-state index contributed by atoms with van der Waals surface area (Å²) in [5, 5.41) is 0. The van der Waals surface area contributed by atoms with Crippen LogP contribution in [0.1, 0.15) is 91.7 Å². The minimum absolute atomic E-state index is 0.0954. The van der Waals surface area contributed by atoms with Gasteiger partial charge in [-0.3, -0.25) is 0 Å². The fraction of sp³-hybridized carbons (Fsp3) is 0.792. The summed E-state index contributed by atoms with van der Waals surface area (Å²) in [6.45, 7) is 18.3. The molecule has 1 rings (SSSR count). The Bertz CT molecular complexity index is 517. The number of rotatable bonds is 13. The van der Waals surface area contributed by atoms with E-state index in [9.17, 15) is 0 Å². The average molecular weight is 511 g/mol. The summed E-state index contributed by atoms with van der Waals surface area (Å²) < 4.78 is 12.4. The van der Waals surface area contributed by atoms with Crippen molar-refractivity contribution in [3.05, 3.63) is 23.9 Å². The SMILES string of the molecule is CCC[CH2][Sn]([CH2]CCC)([CH2]CCC)[c]1ccc(C(O[Si](C)C)C(C)(C)C)cn1. The van der Waals surface area contributed by atoms with E-state index >= 15 is 0 Å². The van der Waals surface area contributed by atoms with Crippen molar-refractivity contribution in [2.75, 3.05) is 0 Å². The van der Waals surface area contributed by atoms with Crippen LogP contribution in [0.3, 0.4) is 0 Å². The van der Waals surface area contributed by atoms with Gasteiger partial charge in [0.2, 0.25) is 0 Å². The molecule has 1 heterocycles. The van der Waals surface area contributed by atoms with Gasteiger partial charge >= 0.3 is 182 Å². The molecule has 1 aromatic rings. The van der Waals surface area contributed by atoms with E-state index in [4.69, 9.17) is 9.41 Å². The molecule has 0 saturated carbocycles. The molecule has 0 aliphatic heterocycles. The second kappa shape index (κ2) is 12.7. The summed E-state index contributed by atoms with van der Waals surface area (Å²) in [5.41, 5.74) is 1.36. The predicted molar refractivity (Wildman–Crippen MR) is 130 cm³/mol. The van der Waals surface area contributed by atoms with Gasteiger partial charge in [-0.05, 0) is 0 Å². The normalized spacial score (nSPS) is 13.9. The first kappa shape index (κ1) is 26.2. The third kappa shape index (κ3) is 8.10. The molecule has 0 amide bonds. The van der Waals surface area contributed by atoms with Gasteiger partial charge < -0.3 is 0 Å². The summed E-state index contributed by atoms with van der Waals surface area (Å²) in [6, 6.07) is 4.78. The van der Waals surface area contributed by atoms with Crippen LogP contribution >= 0.6 is 0 Å². The Hall–Kier alpha value is 0.126. The molecule has 1 unspecified atom stereocenters. The van der Waals surface area contributed by atoms with Crippen LogP contribution in [0.5, 0.6) is 0 Å². The molecular formula is C24H46NOSiSn. The van der Waals surface area contributed by atoms with Crippen LogP contribution in [-0.4, -0.2) is 32.4 Å². The van der Waals surface area contributed by atoms with Gasteiger partial charge in [-0.15, -0.1) is 0 Å². The molecular weight excluding hydrogens is 465 g/mol. The number of unbranched alkanes of at least 4 members (excludes halogenated alkanes) is 3. The molecule has 0 saturated heterocycles. The van der Waals surface area contributed by atoms with Crippen molar-refractivity contribution in [2.45, 2.75) is 113 Å². The van der Waals surface area contributed by atoms with E-state index < -0.39 is 27.4 Å². The second-order valence-electron chi connectivity index (χ2n) is 9.84. The van der Waals surface area contributed by atoms with Crippen LogP contribution in [0.2, 0.25) is 26.4 Å². The maximum atomic E-state index is 6.40. The molecule has 0 bridgehead atoms. The van der Waals surface area contributed by atoms with E-state index in [0.717, 1.165) is 0 Å². The Morgan fingerprint density at radius 2 is 1.43 bits per heavy atom. The molecule has 0 N–H and O–H groups in total. The minimum atomic E-state index is -2.42. The van der Waals surface area contributed by atoms with Gasteiger partial charge in [0, 0.05) is 0 Å². The van der Waals surface area contributed by atoms with Gasteiger partial charge in [-0.1, -0.05) is 0 Å². The number of hydrogen-bond donors (Lipinski definition) is 0. The summed E-state index contributed by atoms with van der Waals surface area (Å²) in [4.78, 5) is 5.18. The number of hydrogen-bond acceptors (Lipinski definition) is 2. The molecule has 0 spiro atoms. The molecule has 0 aliphatic carbocycles. The van der Waals surface area contributed by atoms with Gasteiger partial charge in [0.05, 0.1) is 0 Å². The zero-order valence-corrected chi connectivity index (χ0v) is 23.9. The van der Waals surface area contributed by atoms with E-state index in [1.54, 1.807) is 0 Å². The standard InChI is InChI=1S/C12H19NOSi.3C4H9.Sn/c1-12(2,3)11(14-15(4)5)10-7-6-8-13-9-10;3*1-3-4-2;/h6-7,9,11H,1-5H3;3*1,3-4H2,2H3;. The van der Waals surface area contributed by atoms with E-state index in [0.29, 0.717) is 0 Å². The van der Waals surface area contributed by atoms with Gasteiger partial charge in [-0.2, -0.15) is 0 Å². The number of aromatic nitrogens is 1. The number of nitrogens with zero attached hydrogens (tertiary/aromatic N) is 1. The van der Waals surface area contributed by atoms with Crippen molar-refractivity contribution in [3.8, 4) is 0 Å². The Balaban J connectivity index is 3.23. The van der Waals surface area contributed by atoms with Gasteiger partial charge in [0.1, 0.15) is 0 Å². The zero-order valence-electron chi connectivity index (χ0n) is 20.0. The molecule has 0 aromatic carbocycles. The first-order chi connectivity index (χ1) is 13.2. The van der Waals surface area contributed by atoms with Crippen molar-refractivity contribution in [1.82, 2.24) is 4.98 Å². The molecule has 1 atom stereocenters. The van der Waals surface area contributed by atoms with Crippen LogP contribution in [0.25, 0.3) is 0 Å². The quantitative estimate of drug-likeness (QED) is 0.256. The molecule has 2 nitrogen and oxygen atoms in total. The van der Waals surface area contributed by atoms with E-state index in [2.05, 4.69) is 73.0 Å². The van der Waals surface area contributed by atoms with E-state index in [1.165, 1.54) is 61.1 Å². The monoisotopic (exact) mass is 512 g/mol. The topological polar surface area (TPSA) is 22.1 Å². The zero-order chi connectivity index (χ0) is 21.2.